The number of rotatable bonds is 4. The van der Waals surface area contributed by atoms with Crippen molar-refractivity contribution in [1.29, 1.82) is 0 Å². The minimum Gasteiger partial charge on any atom is -0.495 e. The molecule has 1 aromatic carbocycles. The molecule has 2 aromatic rings. The van der Waals surface area contributed by atoms with E-state index < -0.39 is 0 Å². The Morgan fingerprint density at radius 1 is 1.23 bits per heavy atom. The summed E-state index contributed by atoms with van der Waals surface area (Å²) in [7, 11) is 1.67. The lowest BCUT2D eigenvalue weighted by atomic mass is 10.2. The van der Waals surface area contributed by atoms with Gasteiger partial charge in [0.1, 0.15) is 18.6 Å². The van der Waals surface area contributed by atoms with Crippen LogP contribution in [0.15, 0.2) is 30.6 Å². The van der Waals surface area contributed by atoms with Crippen molar-refractivity contribution in [3.8, 4) is 5.75 Å². The van der Waals surface area contributed by atoms with Gasteiger partial charge < -0.3 is 14.5 Å². The smallest absolute Gasteiger partial charge is 0.244 e. The second-order valence-electron chi connectivity index (χ2n) is 5.05. The molecule has 0 atom stereocenters. The quantitative estimate of drug-likeness (QED) is 0.793. The van der Waals surface area contributed by atoms with Gasteiger partial charge in [0.25, 0.3) is 0 Å². The van der Waals surface area contributed by atoms with Gasteiger partial charge in [0.15, 0.2) is 0 Å². The Balaban J connectivity index is 1.59. The van der Waals surface area contributed by atoms with E-state index in [2.05, 4.69) is 20.4 Å². The van der Waals surface area contributed by atoms with Crippen LogP contribution in [0.4, 0.5) is 5.69 Å². The molecular weight excluding hydrogens is 284 g/mol. The van der Waals surface area contributed by atoms with Crippen LogP contribution in [-0.2, 0) is 11.3 Å². The van der Waals surface area contributed by atoms with E-state index in [1.165, 1.54) is 11.0 Å². The highest BCUT2D eigenvalue weighted by Gasteiger charge is 2.23. The van der Waals surface area contributed by atoms with Gasteiger partial charge in [-0.15, -0.1) is 5.10 Å². The zero-order valence-electron chi connectivity index (χ0n) is 12.4. The molecule has 0 saturated carbocycles. The molecule has 1 fully saturated rings. The zero-order valence-corrected chi connectivity index (χ0v) is 12.4. The summed E-state index contributed by atoms with van der Waals surface area (Å²) in [5, 5.41) is 10.8. The minimum absolute atomic E-state index is 0.0342. The number of hydrogen-bond acceptors (Lipinski definition) is 6. The number of tetrazole rings is 1. The topological polar surface area (TPSA) is 76.4 Å². The molecule has 8 nitrogen and oxygen atoms in total. The summed E-state index contributed by atoms with van der Waals surface area (Å²) in [4.78, 5) is 16.3. The minimum atomic E-state index is 0.0342. The highest BCUT2D eigenvalue weighted by atomic mass is 16.5. The van der Waals surface area contributed by atoms with Crippen LogP contribution in [0.3, 0.4) is 0 Å². The zero-order chi connectivity index (χ0) is 15.4. The first-order chi connectivity index (χ1) is 10.8. The Bertz CT molecular complexity index is 622. The number of carbonyl (C=O) groups is 1. The summed E-state index contributed by atoms with van der Waals surface area (Å²) in [5.41, 5.74) is 1.07. The number of para-hydroxylation sites is 2. The average molecular weight is 302 g/mol. The van der Waals surface area contributed by atoms with Gasteiger partial charge in [-0.1, -0.05) is 12.1 Å². The van der Waals surface area contributed by atoms with Gasteiger partial charge in [-0.2, -0.15) is 0 Å². The molecule has 0 spiro atoms. The van der Waals surface area contributed by atoms with Crippen molar-refractivity contribution in [3.63, 3.8) is 0 Å². The van der Waals surface area contributed by atoms with Crippen LogP contribution < -0.4 is 9.64 Å². The van der Waals surface area contributed by atoms with Crippen molar-refractivity contribution in [1.82, 2.24) is 25.1 Å². The molecule has 1 aromatic heterocycles. The number of piperazine rings is 1. The van der Waals surface area contributed by atoms with Gasteiger partial charge in [-0.3, -0.25) is 4.79 Å². The van der Waals surface area contributed by atoms with Crippen molar-refractivity contribution >= 4 is 11.6 Å². The van der Waals surface area contributed by atoms with Gasteiger partial charge in [-0.25, -0.2) is 4.68 Å². The first kappa shape index (κ1) is 14.3. The lowest BCUT2D eigenvalue weighted by Crippen LogP contribution is -2.49. The molecule has 3 rings (SSSR count). The third-order valence-electron chi connectivity index (χ3n) is 3.75. The number of carbonyl (C=O) groups excluding carboxylic acids is 1. The van der Waals surface area contributed by atoms with E-state index in [0.29, 0.717) is 13.1 Å². The fraction of sp³-hybridized carbons (Fsp3) is 0.429. The van der Waals surface area contributed by atoms with Crippen molar-refractivity contribution in [3.05, 3.63) is 30.6 Å². The number of aromatic nitrogens is 4. The number of anilines is 1. The Morgan fingerprint density at radius 2 is 2.00 bits per heavy atom. The fourth-order valence-electron chi connectivity index (χ4n) is 2.58. The molecule has 1 amide bonds. The van der Waals surface area contributed by atoms with Crippen molar-refractivity contribution in [2.24, 2.45) is 0 Å². The maximum absolute atomic E-state index is 12.2. The van der Waals surface area contributed by atoms with Crippen LogP contribution in [0, 0.1) is 0 Å². The number of benzene rings is 1. The van der Waals surface area contributed by atoms with Crippen LogP contribution in [0.25, 0.3) is 0 Å². The number of amides is 1. The van der Waals surface area contributed by atoms with E-state index in [1.807, 2.05) is 29.2 Å². The standard InChI is InChI=1S/C14H18N6O2/c1-22-13-5-3-2-4-12(13)18-6-8-19(9-7-18)14(21)10-20-11-15-16-17-20/h2-5,11H,6-10H2,1H3. The third kappa shape index (κ3) is 3.00. The van der Waals surface area contributed by atoms with E-state index >= 15 is 0 Å². The van der Waals surface area contributed by atoms with Crippen LogP contribution in [0.5, 0.6) is 5.75 Å². The first-order valence-electron chi connectivity index (χ1n) is 7.14. The van der Waals surface area contributed by atoms with Crippen molar-refractivity contribution in [2.75, 3.05) is 38.2 Å². The number of ether oxygens (including phenoxy) is 1. The van der Waals surface area contributed by atoms with E-state index in [1.54, 1.807) is 7.11 Å². The van der Waals surface area contributed by atoms with Crippen LogP contribution in [-0.4, -0.2) is 64.3 Å². The highest BCUT2D eigenvalue weighted by Crippen LogP contribution is 2.28. The predicted octanol–water partition coefficient (Wildman–Crippen LogP) is 0.0305. The molecule has 0 N–H and O–H groups in total. The summed E-state index contributed by atoms with van der Waals surface area (Å²) in [6.07, 6.45) is 1.45. The number of nitrogens with zero attached hydrogens (tertiary/aromatic N) is 6. The molecular formula is C14H18N6O2. The maximum atomic E-state index is 12.2. The third-order valence-corrected chi connectivity index (χ3v) is 3.75. The predicted molar refractivity (Wildman–Crippen MR) is 79.6 cm³/mol. The molecule has 1 aliphatic heterocycles. The van der Waals surface area contributed by atoms with E-state index in [0.717, 1.165) is 24.5 Å². The van der Waals surface area contributed by atoms with Gasteiger partial charge in [0.05, 0.1) is 12.8 Å². The monoisotopic (exact) mass is 302 g/mol. The molecule has 116 valence electrons. The number of hydrogen-bond donors (Lipinski definition) is 0. The number of methoxy groups -OCH3 is 1. The normalized spacial score (nSPS) is 15.0. The molecule has 8 heteroatoms. The molecule has 0 unspecified atom stereocenters. The Labute approximate surface area is 128 Å². The average Bonchev–Trinajstić information content (AvgIpc) is 3.08. The Kier molecular flexibility index (Phi) is 4.17. The SMILES string of the molecule is COc1ccccc1N1CCN(C(=O)Cn2cnnn2)CC1. The van der Waals surface area contributed by atoms with E-state index in [-0.39, 0.29) is 12.5 Å². The van der Waals surface area contributed by atoms with Crippen LogP contribution in [0.2, 0.25) is 0 Å². The second kappa shape index (κ2) is 6.42. The van der Waals surface area contributed by atoms with E-state index in [9.17, 15) is 4.79 Å². The molecule has 0 bridgehead atoms. The maximum Gasteiger partial charge on any atom is 0.244 e. The van der Waals surface area contributed by atoms with E-state index in [4.69, 9.17) is 4.74 Å². The summed E-state index contributed by atoms with van der Waals surface area (Å²) in [5.74, 6) is 0.892. The molecule has 0 aliphatic carbocycles. The lowest BCUT2D eigenvalue weighted by molar-refractivity contribution is -0.132. The van der Waals surface area contributed by atoms with Crippen LogP contribution in [0.1, 0.15) is 0 Å². The summed E-state index contributed by atoms with van der Waals surface area (Å²) in [6.45, 7) is 3.10. The molecule has 2 heterocycles. The summed E-state index contributed by atoms with van der Waals surface area (Å²) in [6, 6.07) is 7.93. The summed E-state index contributed by atoms with van der Waals surface area (Å²) >= 11 is 0. The van der Waals surface area contributed by atoms with Crippen molar-refractivity contribution < 1.29 is 9.53 Å². The van der Waals surface area contributed by atoms with Crippen molar-refractivity contribution in [2.45, 2.75) is 6.54 Å². The summed E-state index contributed by atoms with van der Waals surface area (Å²) < 4.78 is 6.83. The van der Waals surface area contributed by atoms with Gasteiger partial charge in [0, 0.05) is 26.2 Å². The highest BCUT2D eigenvalue weighted by molar-refractivity contribution is 5.76. The largest absolute Gasteiger partial charge is 0.495 e. The molecule has 0 radical (unpaired) electrons. The van der Waals surface area contributed by atoms with Gasteiger partial charge in [-0.05, 0) is 22.6 Å². The molecule has 1 aliphatic rings. The second-order valence-corrected chi connectivity index (χ2v) is 5.05. The Hall–Kier alpha value is -2.64. The lowest BCUT2D eigenvalue weighted by Gasteiger charge is -2.36. The molecule has 1 saturated heterocycles. The molecule has 22 heavy (non-hydrogen) atoms. The first-order valence-corrected chi connectivity index (χ1v) is 7.14. The Morgan fingerprint density at radius 3 is 2.68 bits per heavy atom. The van der Waals surface area contributed by atoms with Gasteiger partial charge >= 0.3 is 0 Å². The fourth-order valence-corrected chi connectivity index (χ4v) is 2.58. The van der Waals surface area contributed by atoms with Gasteiger partial charge in [0.2, 0.25) is 5.91 Å². The van der Waals surface area contributed by atoms with Crippen LogP contribution >= 0.6 is 0 Å².